The third-order valence-electron chi connectivity index (χ3n) is 4.15. The number of rotatable bonds is 8. The molecule has 0 saturated heterocycles. The zero-order chi connectivity index (χ0) is 20.8. The van der Waals surface area contributed by atoms with Gasteiger partial charge in [0.1, 0.15) is 11.4 Å². The second kappa shape index (κ2) is 9.29. The Morgan fingerprint density at radius 1 is 1.41 bits per heavy atom. The van der Waals surface area contributed by atoms with Crippen LogP contribution in [0.15, 0.2) is 52.1 Å². The number of aromatic nitrogens is 2. The maximum atomic E-state index is 8.99. The van der Waals surface area contributed by atoms with Gasteiger partial charge in [-0.1, -0.05) is 6.08 Å². The number of benzene rings is 1. The maximum absolute atomic E-state index is 8.99. The number of H-pyrrole nitrogens is 1. The molecule has 1 aromatic heterocycles. The van der Waals surface area contributed by atoms with Gasteiger partial charge in [0.05, 0.1) is 30.5 Å². The number of aliphatic hydroxyl groups excluding tert-OH is 1. The van der Waals surface area contributed by atoms with Crippen molar-refractivity contribution in [2.24, 2.45) is 9.98 Å². The highest BCUT2D eigenvalue weighted by atomic mass is 16.5. The summed E-state index contributed by atoms with van der Waals surface area (Å²) in [6.07, 6.45) is 5.52. The molecule has 0 atom stereocenters. The molecule has 1 aromatic carbocycles. The molecule has 0 unspecified atom stereocenters. The van der Waals surface area contributed by atoms with E-state index in [2.05, 4.69) is 20.5 Å². The van der Waals surface area contributed by atoms with Gasteiger partial charge in [-0.2, -0.15) is 5.10 Å². The van der Waals surface area contributed by atoms with Crippen molar-refractivity contribution in [2.45, 2.75) is 26.9 Å². The first-order valence-corrected chi connectivity index (χ1v) is 9.54. The molecule has 1 aliphatic heterocycles. The molecule has 0 fully saturated rings. The fraction of sp³-hybridized carbons (Fsp3) is 0.333. The van der Waals surface area contributed by atoms with Crippen LogP contribution in [-0.4, -0.2) is 58.4 Å². The van der Waals surface area contributed by atoms with Crippen LogP contribution in [0.5, 0.6) is 5.75 Å². The van der Waals surface area contributed by atoms with Crippen LogP contribution >= 0.6 is 0 Å². The van der Waals surface area contributed by atoms with Gasteiger partial charge in [-0.05, 0) is 45.0 Å². The molecule has 4 N–H and O–H groups in total. The Labute approximate surface area is 169 Å². The number of ether oxygens (including phenoxy) is 1. The van der Waals surface area contributed by atoms with Crippen LogP contribution in [0.3, 0.4) is 0 Å². The lowest BCUT2D eigenvalue weighted by Gasteiger charge is -2.09. The number of allylic oxidation sites excluding steroid dienone is 2. The number of nitrogens with one attached hydrogen (secondary N) is 3. The summed E-state index contributed by atoms with van der Waals surface area (Å²) in [4.78, 5) is 9.26. The van der Waals surface area contributed by atoms with Crippen molar-refractivity contribution in [1.82, 2.24) is 15.5 Å². The number of aliphatic imine (C=N–C) groups is 2. The van der Waals surface area contributed by atoms with Gasteiger partial charge < -0.3 is 20.6 Å². The molecule has 8 heteroatoms. The van der Waals surface area contributed by atoms with Gasteiger partial charge >= 0.3 is 0 Å². The van der Waals surface area contributed by atoms with Crippen LogP contribution in [0, 0.1) is 5.41 Å². The smallest absolute Gasteiger partial charge is 0.176 e. The highest BCUT2D eigenvalue weighted by molar-refractivity contribution is 6.30. The van der Waals surface area contributed by atoms with Crippen LogP contribution in [0.4, 0.5) is 0 Å². The van der Waals surface area contributed by atoms with Gasteiger partial charge in [-0.25, -0.2) is 4.99 Å². The van der Waals surface area contributed by atoms with Gasteiger partial charge in [-0.3, -0.25) is 10.1 Å². The van der Waals surface area contributed by atoms with Crippen molar-refractivity contribution in [3.05, 3.63) is 47.8 Å². The summed E-state index contributed by atoms with van der Waals surface area (Å²) in [5.41, 5.74) is 3.12. The second-order valence-electron chi connectivity index (χ2n) is 6.87. The second-order valence-corrected chi connectivity index (χ2v) is 6.87. The van der Waals surface area contributed by atoms with E-state index in [1.165, 1.54) is 0 Å². The quantitative estimate of drug-likeness (QED) is 0.406. The molecule has 0 bridgehead atoms. The summed E-state index contributed by atoms with van der Waals surface area (Å²) in [5, 5.41) is 28.4. The van der Waals surface area contributed by atoms with Gasteiger partial charge in [0, 0.05) is 29.4 Å². The Morgan fingerprint density at radius 3 is 2.97 bits per heavy atom. The average Bonchev–Trinajstić information content (AvgIpc) is 2.94. The Hall–Kier alpha value is -3.26. The van der Waals surface area contributed by atoms with Crippen LogP contribution in [0.25, 0.3) is 10.9 Å². The molecule has 0 spiro atoms. The average molecular weight is 394 g/mol. The minimum absolute atomic E-state index is 0.00981. The molecule has 0 aliphatic carbocycles. The van der Waals surface area contributed by atoms with Crippen LogP contribution in [0.1, 0.15) is 26.5 Å². The molecule has 2 aromatic rings. The van der Waals surface area contributed by atoms with E-state index in [4.69, 9.17) is 20.2 Å². The lowest BCUT2D eigenvalue weighted by atomic mass is 10.1. The van der Waals surface area contributed by atoms with E-state index in [1.807, 2.05) is 44.2 Å². The van der Waals surface area contributed by atoms with Crippen molar-refractivity contribution in [2.75, 3.05) is 19.7 Å². The highest BCUT2D eigenvalue weighted by Gasteiger charge is 2.17. The molecular formula is C21H26N6O2. The van der Waals surface area contributed by atoms with Crippen molar-refractivity contribution in [1.29, 1.82) is 5.41 Å². The van der Waals surface area contributed by atoms with E-state index in [0.29, 0.717) is 41.6 Å². The number of nitrogens with zero attached hydrogens (tertiary/aromatic N) is 3. The van der Waals surface area contributed by atoms with Crippen LogP contribution < -0.4 is 10.1 Å². The molecular weight excluding hydrogens is 368 g/mol. The first-order valence-electron chi connectivity index (χ1n) is 9.54. The maximum Gasteiger partial charge on any atom is 0.176 e. The molecule has 29 heavy (non-hydrogen) atoms. The Morgan fingerprint density at radius 2 is 2.24 bits per heavy atom. The Bertz CT molecular complexity index is 1010. The molecule has 0 amide bonds. The van der Waals surface area contributed by atoms with Gasteiger partial charge in [-0.15, -0.1) is 0 Å². The summed E-state index contributed by atoms with van der Waals surface area (Å²) in [5.74, 6) is 1.25. The third-order valence-corrected chi connectivity index (χ3v) is 4.15. The monoisotopic (exact) mass is 394 g/mol. The third kappa shape index (κ3) is 4.97. The zero-order valence-corrected chi connectivity index (χ0v) is 16.9. The van der Waals surface area contributed by atoms with E-state index >= 15 is 0 Å². The fourth-order valence-electron chi connectivity index (χ4n) is 2.89. The standard InChI is InChI=1S/C21H26N6O2/c1-13(2)29-15-6-7-19-16(11-15)20(27-26-19)21-24-8-4-5-18(25-21)17(14(3)22)12-23-9-10-28/h4-7,11-13,22-23,28H,8-10H2,1-3H3,(H,26,27)/b17-12+,22-14?. The lowest BCUT2D eigenvalue weighted by Crippen LogP contribution is -2.17. The zero-order valence-electron chi connectivity index (χ0n) is 16.9. The summed E-state index contributed by atoms with van der Waals surface area (Å²) in [7, 11) is 0. The summed E-state index contributed by atoms with van der Waals surface area (Å²) in [6.45, 7) is 6.54. The SMILES string of the molecule is CC(=N)/C(=C\NCCO)C1=NC(c2n[nH]c3ccc(OC(C)C)cc23)=NCC=C1. The van der Waals surface area contributed by atoms with Crippen molar-refractivity contribution in [3.63, 3.8) is 0 Å². The minimum atomic E-state index is 0.00981. The number of aliphatic hydroxyl groups is 1. The lowest BCUT2D eigenvalue weighted by molar-refractivity contribution is 0.243. The van der Waals surface area contributed by atoms with Crippen molar-refractivity contribution < 1.29 is 9.84 Å². The number of amidine groups is 1. The highest BCUT2D eigenvalue weighted by Crippen LogP contribution is 2.24. The molecule has 0 radical (unpaired) electrons. The molecule has 152 valence electrons. The first-order chi connectivity index (χ1) is 14.0. The minimum Gasteiger partial charge on any atom is -0.491 e. The number of hydrogen-bond donors (Lipinski definition) is 4. The number of fused-ring (bicyclic) bond motifs is 1. The predicted molar refractivity (Wildman–Crippen MR) is 116 cm³/mol. The van der Waals surface area contributed by atoms with E-state index < -0.39 is 0 Å². The summed E-state index contributed by atoms with van der Waals surface area (Å²) < 4.78 is 5.81. The molecule has 0 saturated carbocycles. The van der Waals surface area contributed by atoms with Gasteiger partial charge in [0.15, 0.2) is 5.84 Å². The molecule has 8 nitrogen and oxygen atoms in total. The van der Waals surface area contributed by atoms with E-state index in [9.17, 15) is 0 Å². The van der Waals surface area contributed by atoms with Crippen molar-refractivity contribution in [3.8, 4) is 5.75 Å². The Balaban J connectivity index is 2.01. The normalized spacial score (nSPS) is 14.6. The van der Waals surface area contributed by atoms with E-state index in [1.54, 1.807) is 13.1 Å². The summed E-state index contributed by atoms with van der Waals surface area (Å²) in [6, 6.07) is 5.77. The fourth-order valence-corrected chi connectivity index (χ4v) is 2.89. The molecule has 1 aliphatic rings. The van der Waals surface area contributed by atoms with Gasteiger partial charge in [0.25, 0.3) is 0 Å². The topological polar surface area (TPSA) is 119 Å². The van der Waals surface area contributed by atoms with E-state index in [-0.39, 0.29) is 12.7 Å². The van der Waals surface area contributed by atoms with Crippen LogP contribution in [0.2, 0.25) is 0 Å². The molecule has 3 rings (SSSR count). The van der Waals surface area contributed by atoms with Gasteiger partial charge in [0.2, 0.25) is 0 Å². The largest absolute Gasteiger partial charge is 0.491 e. The first kappa shape index (κ1) is 20.5. The predicted octanol–water partition coefficient (Wildman–Crippen LogP) is 2.61. The number of aromatic amines is 1. The van der Waals surface area contributed by atoms with Crippen LogP contribution in [-0.2, 0) is 0 Å². The molecule has 2 heterocycles. The van der Waals surface area contributed by atoms with E-state index in [0.717, 1.165) is 16.7 Å². The Kier molecular flexibility index (Phi) is 6.56. The van der Waals surface area contributed by atoms with Crippen molar-refractivity contribution >= 4 is 28.2 Å². The summed E-state index contributed by atoms with van der Waals surface area (Å²) >= 11 is 0. The number of hydrogen-bond acceptors (Lipinski definition) is 7.